The van der Waals surface area contributed by atoms with Crippen LogP contribution in [0.4, 0.5) is 24.9 Å². The zero-order valence-electron chi connectivity index (χ0n) is 20.2. The average Bonchev–Trinajstić information content (AvgIpc) is 3.25. The van der Waals surface area contributed by atoms with Gasteiger partial charge in [0.25, 0.3) is 0 Å². The van der Waals surface area contributed by atoms with E-state index in [9.17, 15) is 13.2 Å². The van der Waals surface area contributed by atoms with Gasteiger partial charge >= 0.3 is 6.18 Å². The summed E-state index contributed by atoms with van der Waals surface area (Å²) in [5.74, 6) is 3.06. The third-order valence-electron chi connectivity index (χ3n) is 7.98. The molecule has 1 aromatic carbocycles. The van der Waals surface area contributed by atoms with Gasteiger partial charge < -0.3 is 10.2 Å². The lowest BCUT2D eigenvalue weighted by Gasteiger charge is -2.38. The summed E-state index contributed by atoms with van der Waals surface area (Å²) >= 11 is 0. The van der Waals surface area contributed by atoms with E-state index >= 15 is 0 Å². The van der Waals surface area contributed by atoms with E-state index in [0.717, 1.165) is 75.1 Å². The number of hydrogen-bond donors (Lipinski definition) is 1. The van der Waals surface area contributed by atoms with Crippen LogP contribution in [0.3, 0.4) is 0 Å². The fourth-order valence-electron chi connectivity index (χ4n) is 6.23. The molecule has 0 amide bonds. The lowest BCUT2D eigenvalue weighted by Crippen LogP contribution is -2.48. The maximum atomic E-state index is 13.4. The number of halogens is 3. The second-order valence-corrected chi connectivity index (χ2v) is 10.4. The molecule has 1 saturated carbocycles. The summed E-state index contributed by atoms with van der Waals surface area (Å²) < 4.78 is 42.0. The van der Waals surface area contributed by atoms with Gasteiger partial charge in [0.2, 0.25) is 5.95 Å². The number of aryl methyl sites for hydroxylation is 2. The topological polar surface area (TPSA) is 71.8 Å². The highest BCUT2D eigenvalue weighted by atomic mass is 19.4. The summed E-state index contributed by atoms with van der Waals surface area (Å²) in [4.78, 5) is 15.9. The molecule has 1 aliphatic carbocycles. The van der Waals surface area contributed by atoms with Crippen LogP contribution in [0.5, 0.6) is 0 Å². The van der Waals surface area contributed by atoms with Gasteiger partial charge in [0.05, 0.1) is 5.56 Å². The molecule has 6 rings (SSSR count). The van der Waals surface area contributed by atoms with E-state index in [4.69, 9.17) is 10.1 Å². The Morgan fingerprint density at radius 3 is 2.56 bits per heavy atom. The van der Waals surface area contributed by atoms with Gasteiger partial charge in [0.1, 0.15) is 18.0 Å². The van der Waals surface area contributed by atoms with E-state index in [1.54, 1.807) is 12.4 Å². The van der Waals surface area contributed by atoms with Crippen LogP contribution in [0, 0.1) is 18.8 Å². The summed E-state index contributed by atoms with van der Waals surface area (Å²) in [5.41, 5.74) is 1.00. The van der Waals surface area contributed by atoms with Crippen molar-refractivity contribution in [2.75, 3.05) is 23.3 Å². The number of nitrogens with one attached hydrogen (secondary N) is 1. The number of rotatable bonds is 4. The summed E-state index contributed by atoms with van der Waals surface area (Å²) in [6, 6.07) is 7.99. The van der Waals surface area contributed by atoms with Crippen molar-refractivity contribution in [2.24, 2.45) is 11.8 Å². The number of aromatic nitrogens is 5. The molecule has 2 fully saturated rings. The summed E-state index contributed by atoms with van der Waals surface area (Å²) in [5, 5.41) is 8.40. The Morgan fingerprint density at radius 1 is 1.00 bits per heavy atom. The Labute approximate surface area is 208 Å². The monoisotopic (exact) mass is 497 g/mol. The van der Waals surface area contributed by atoms with Gasteiger partial charge in [0, 0.05) is 43.4 Å². The maximum absolute atomic E-state index is 13.4. The molecule has 3 aromatic rings. The van der Waals surface area contributed by atoms with E-state index in [1.165, 1.54) is 12.1 Å². The van der Waals surface area contributed by atoms with Crippen molar-refractivity contribution in [3.8, 4) is 0 Å². The Bertz CT molecular complexity index is 1230. The molecule has 2 aliphatic heterocycles. The van der Waals surface area contributed by atoms with Crippen LogP contribution in [0.2, 0.25) is 0 Å². The zero-order valence-corrected chi connectivity index (χ0v) is 20.2. The molecule has 190 valence electrons. The summed E-state index contributed by atoms with van der Waals surface area (Å²) in [6.45, 7) is 4.56. The second kappa shape index (κ2) is 9.05. The van der Waals surface area contributed by atoms with Crippen LogP contribution in [0.1, 0.15) is 60.7 Å². The lowest BCUT2D eigenvalue weighted by molar-refractivity contribution is -0.137. The highest BCUT2D eigenvalue weighted by Gasteiger charge is 2.43. The summed E-state index contributed by atoms with van der Waals surface area (Å²) in [6.07, 6.45) is 2.18. The van der Waals surface area contributed by atoms with E-state index in [0.29, 0.717) is 23.3 Å². The average molecular weight is 498 g/mol. The van der Waals surface area contributed by atoms with Crippen molar-refractivity contribution in [1.82, 2.24) is 24.7 Å². The first kappa shape index (κ1) is 23.2. The smallest absolute Gasteiger partial charge is 0.356 e. The molecule has 7 nitrogen and oxygen atoms in total. The number of benzene rings is 1. The predicted octanol–water partition coefficient (Wildman–Crippen LogP) is 5.04. The predicted molar refractivity (Wildman–Crippen MR) is 130 cm³/mol. The van der Waals surface area contributed by atoms with Crippen LogP contribution >= 0.6 is 0 Å². The SMILES string of the molecule is Cc1cc(N2C[C@H]3CC[C@@H](C2)C3Nc2nc3n(n2)CCCCC3c2cccc(C(F)(F)F)c2)ncn1. The molecular weight excluding hydrogens is 467 g/mol. The molecule has 36 heavy (non-hydrogen) atoms. The number of hydrogen-bond acceptors (Lipinski definition) is 6. The van der Waals surface area contributed by atoms with E-state index in [2.05, 4.69) is 20.2 Å². The van der Waals surface area contributed by atoms with E-state index in [1.807, 2.05) is 17.7 Å². The number of piperidine rings is 1. The number of nitrogens with zero attached hydrogens (tertiary/aromatic N) is 6. The number of fused-ring (bicyclic) bond motifs is 3. The fraction of sp³-hybridized carbons (Fsp3) is 0.538. The lowest BCUT2D eigenvalue weighted by atomic mass is 9.92. The van der Waals surface area contributed by atoms with Crippen molar-refractivity contribution in [3.05, 3.63) is 59.3 Å². The molecule has 4 heterocycles. The first-order valence-electron chi connectivity index (χ1n) is 12.8. The molecule has 1 saturated heterocycles. The van der Waals surface area contributed by atoms with Gasteiger partial charge in [-0.25, -0.2) is 14.6 Å². The third kappa shape index (κ3) is 4.41. The van der Waals surface area contributed by atoms with E-state index < -0.39 is 11.7 Å². The number of alkyl halides is 3. The van der Waals surface area contributed by atoms with Gasteiger partial charge in [0.15, 0.2) is 0 Å². The largest absolute Gasteiger partial charge is 0.416 e. The van der Waals surface area contributed by atoms with Crippen LogP contribution in [-0.2, 0) is 12.7 Å². The van der Waals surface area contributed by atoms with Crippen molar-refractivity contribution in [3.63, 3.8) is 0 Å². The first-order valence-corrected chi connectivity index (χ1v) is 12.8. The van der Waals surface area contributed by atoms with Gasteiger partial charge in [-0.3, -0.25) is 0 Å². The minimum atomic E-state index is -4.36. The Hall–Kier alpha value is -3.17. The fourth-order valence-corrected chi connectivity index (χ4v) is 6.23. The molecule has 3 aliphatic rings. The van der Waals surface area contributed by atoms with Crippen molar-refractivity contribution >= 4 is 11.8 Å². The minimum absolute atomic E-state index is 0.197. The molecule has 10 heteroatoms. The highest BCUT2D eigenvalue weighted by molar-refractivity contribution is 5.42. The Kier molecular flexibility index (Phi) is 5.84. The molecule has 0 radical (unpaired) electrons. The molecule has 2 bridgehead atoms. The van der Waals surface area contributed by atoms with Gasteiger partial charge in [-0.05, 0) is 56.1 Å². The maximum Gasteiger partial charge on any atom is 0.416 e. The van der Waals surface area contributed by atoms with Crippen molar-refractivity contribution in [1.29, 1.82) is 0 Å². The van der Waals surface area contributed by atoms with Gasteiger partial charge in [-0.1, -0.05) is 24.6 Å². The first-order chi connectivity index (χ1) is 17.3. The zero-order chi connectivity index (χ0) is 24.9. The van der Waals surface area contributed by atoms with Gasteiger partial charge in [-0.2, -0.15) is 18.2 Å². The standard InChI is InChI=1S/C26H30F3N7/c1-16-11-22(31-15-30-16)35-13-18-8-9-19(14-35)23(18)32-25-33-24-21(7-2-3-10-36(24)34-25)17-5-4-6-20(12-17)26(27,28)29/h4-6,11-12,15,18-19,21,23H,2-3,7-10,13-14H2,1H3,(H,32,34)/t18-,19+,21?,23?. The summed E-state index contributed by atoms with van der Waals surface area (Å²) in [7, 11) is 0. The van der Waals surface area contributed by atoms with Crippen LogP contribution in [-0.4, -0.2) is 43.9 Å². The minimum Gasteiger partial charge on any atom is -0.356 e. The highest BCUT2D eigenvalue weighted by Crippen LogP contribution is 2.40. The van der Waals surface area contributed by atoms with Crippen molar-refractivity contribution in [2.45, 2.75) is 63.7 Å². The molecule has 1 N–H and O–H groups in total. The molecule has 2 unspecified atom stereocenters. The molecule has 4 atom stereocenters. The van der Waals surface area contributed by atoms with Gasteiger partial charge in [-0.15, -0.1) is 5.10 Å². The Balaban J connectivity index is 1.22. The van der Waals surface area contributed by atoms with Crippen LogP contribution in [0.25, 0.3) is 0 Å². The van der Waals surface area contributed by atoms with Crippen molar-refractivity contribution < 1.29 is 13.2 Å². The molecule has 0 spiro atoms. The Morgan fingerprint density at radius 2 is 1.81 bits per heavy atom. The van der Waals surface area contributed by atoms with Crippen LogP contribution in [0.15, 0.2) is 36.7 Å². The normalized spacial score (nSPS) is 25.9. The number of anilines is 2. The van der Waals surface area contributed by atoms with E-state index in [-0.39, 0.29) is 12.0 Å². The third-order valence-corrected chi connectivity index (χ3v) is 7.98. The molecule has 2 aromatic heterocycles. The quantitative estimate of drug-likeness (QED) is 0.545. The molecular formula is C26H30F3N7. The van der Waals surface area contributed by atoms with Crippen LogP contribution < -0.4 is 10.2 Å². The second-order valence-electron chi connectivity index (χ2n) is 10.4.